The Morgan fingerprint density at radius 2 is 2.12 bits per heavy atom. The van der Waals surface area contributed by atoms with Crippen LogP contribution in [-0.4, -0.2) is 42.3 Å². The molecule has 1 saturated heterocycles. The summed E-state index contributed by atoms with van der Waals surface area (Å²) in [6.45, 7) is 0.570. The highest BCUT2D eigenvalue weighted by Crippen LogP contribution is 2.21. The summed E-state index contributed by atoms with van der Waals surface area (Å²) in [4.78, 5) is 13.8. The molecule has 0 saturated carbocycles. The largest absolute Gasteiger partial charge is 0.466 e. The highest BCUT2D eigenvalue weighted by Gasteiger charge is 2.28. The van der Waals surface area contributed by atoms with Crippen molar-refractivity contribution in [2.45, 2.75) is 26.4 Å². The van der Waals surface area contributed by atoms with Crippen LogP contribution in [0.5, 0.6) is 5.75 Å². The van der Waals surface area contributed by atoms with Crippen molar-refractivity contribution in [1.82, 2.24) is 4.90 Å². The van der Waals surface area contributed by atoms with Crippen molar-refractivity contribution >= 4 is 29.0 Å². The molecular weight excluding hydrogens is 338 g/mol. The Kier molecular flexibility index (Phi) is 6.72. The first kappa shape index (κ1) is 18.4. The van der Waals surface area contributed by atoms with Gasteiger partial charge in [0.15, 0.2) is 5.11 Å². The molecule has 8 heteroatoms. The number of esters is 1. The number of alkyl halides is 2. The van der Waals surface area contributed by atoms with E-state index in [0.717, 1.165) is 19.4 Å². The Bertz CT molecular complexity index is 569. The lowest BCUT2D eigenvalue weighted by atomic mass is 9.98. The molecule has 132 valence electrons. The molecule has 1 aliphatic heterocycles. The van der Waals surface area contributed by atoms with E-state index in [1.54, 1.807) is 19.1 Å². The molecule has 0 aromatic heterocycles. The van der Waals surface area contributed by atoms with Crippen LogP contribution in [0.25, 0.3) is 0 Å². The van der Waals surface area contributed by atoms with Crippen molar-refractivity contribution in [3.8, 4) is 5.75 Å². The van der Waals surface area contributed by atoms with Crippen molar-refractivity contribution < 1.29 is 23.0 Å². The van der Waals surface area contributed by atoms with Crippen LogP contribution in [0.2, 0.25) is 0 Å². The van der Waals surface area contributed by atoms with Crippen LogP contribution in [0.4, 0.5) is 14.5 Å². The van der Waals surface area contributed by atoms with Gasteiger partial charge in [-0.15, -0.1) is 0 Å². The van der Waals surface area contributed by atoms with Crippen LogP contribution < -0.4 is 10.1 Å². The van der Waals surface area contributed by atoms with Gasteiger partial charge in [0.05, 0.1) is 12.5 Å². The maximum atomic E-state index is 12.1. The Hall–Kier alpha value is -1.96. The first-order chi connectivity index (χ1) is 11.5. The number of hydrogen-bond acceptors (Lipinski definition) is 4. The van der Waals surface area contributed by atoms with Crippen molar-refractivity contribution in [1.29, 1.82) is 0 Å². The van der Waals surface area contributed by atoms with E-state index in [1.165, 1.54) is 12.1 Å². The summed E-state index contributed by atoms with van der Waals surface area (Å²) in [6, 6.07) is 6.09. The maximum absolute atomic E-state index is 12.1. The molecule has 0 bridgehead atoms. The van der Waals surface area contributed by atoms with Crippen molar-refractivity contribution in [3.63, 3.8) is 0 Å². The van der Waals surface area contributed by atoms with Gasteiger partial charge in [-0.1, -0.05) is 0 Å². The number of likely N-dealkylation sites (tertiary alicyclic amines) is 1. The standard InChI is InChI=1S/C16H20F2N2O3S/c1-2-22-14(21)11-4-3-9-20(10-11)16(24)19-12-5-7-13(8-6-12)23-15(17)18/h5-8,11,15H,2-4,9-10H2,1H3,(H,19,24)/t11-/m1/s1. The summed E-state index contributed by atoms with van der Waals surface area (Å²) >= 11 is 5.37. The number of ether oxygens (including phenoxy) is 2. The molecule has 1 atom stereocenters. The smallest absolute Gasteiger partial charge is 0.387 e. The molecule has 1 aromatic rings. The number of anilines is 1. The third-order valence-corrected chi connectivity index (χ3v) is 4.02. The molecule has 5 nitrogen and oxygen atoms in total. The lowest BCUT2D eigenvalue weighted by Gasteiger charge is -2.33. The zero-order valence-corrected chi connectivity index (χ0v) is 14.2. The number of thiocarbonyl (C=S) groups is 1. The minimum absolute atomic E-state index is 0.0850. The van der Waals surface area contributed by atoms with Gasteiger partial charge in [-0.25, -0.2) is 0 Å². The number of halogens is 2. The number of piperidine rings is 1. The second-order valence-electron chi connectivity index (χ2n) is 5.37. The SMILES string of the molecule is CCOC(=O)[C@@H]1CCCN(C(=S)Nc2ccc(OC(F)F)cc2)C1. The van der Waals surface area contributed by atoms with Crippen LogP contribution in [0.15, 0.2) is 24.3 Å². The molecule has 1 N–H and O–H groups in total. The third-order valence-electron chi connectivity index (χ3n) is 3.66. The maximum Gasteiger partial charge on any atom is 0.387 e. The normalized spacial score (nSPS) is 17.5. The molecule has 0 amide bonds. The van der Waals surface area contributed by atoms with Gasteiger partial charge in [0.2, 0.25) is 0 Å². The average Bonchev–Trinajstić information content (AvgIpc) is 2.56. The zero-order valence-electron chi connectivity index (χ0n) is 13.3. The fourth-order valence-corrected chi connectivity index (χ4v) is 2.82. The van der Waals surface area contributed by atoms with Gasteiger partial charge >= 0.3 is 12.6 Å². The van der Waals surface area contributed by atoms with Gasteiger partial charge in [-0.2, -0.15) is 8.78 Å². The molecule has 0 spiro atoms. The van der Waals surface area contributed by atoms with Crippen molar-refractivity contribution in [2.75, 3.05) is 25.0 Å². The summed E-state index contributed by atoms with van der Waals surface area (Å²) in [6.07, 6.45) is 1.64. The Morgan fingerprint density at radius 3 is 2.75 bits per heavy atom. The van der Waals surface area contributed by atoms with Crippen LogP contribution in [-0.2, 0) is 9.53 Å². The monoisotopic (exact) mass is 358 g/mol. The summed E-state index contributed by atoms with van der Waals surface area (Å²) in [5, 5.41) is 3.54. The Labute approximate surface area is 144 Å². The van der Waals surface area contributed by atoms with E-state index in [1.807, 2.05) is 4.90 Å². The number of nitrogens with one attached hydrogen (secondary N) is 1. The second kappa shape index (κ2) is 8.77. The lowest BCUT2D eigenvalue weighted by molar-refractivity contribution is -0.149. The number of hydrogen-bond donors (Lipinski definition) is 1. The van der Waals surface area contributed by atoms with Gasteiger partial charge in [0.25, 0.3) is 0 Å². The molecule has 1 fully saturated rings. The highest BCUT2D eigenvalue weighted by atomic mass is 32.1. The van der Waals surface area contributed by atoms with E-state index >= 15 is 0 Å². The van der Waals surface area contributed by atoms with E-state index in [0.29, 0.717) is 24.0 Å². The summed E-state index contributed by atoms with van der Waals surface area (Å²) in [5.41, 5.74) is 0.667. The predicted octanol–water partition coefficient (Wildman–Crippen LogP) is 3.26. The molecule has 2 rings (SSSR count). The van der Waals surface area contributed by atoms with Gasteiger partial charge in [0.1, 0.15) is 5.75 Å². The first-order valence-electron chi connectivity index (χ1n) is 7.77. The Morgan fingerprint density at radius 1 is 1.42 bits per heavy atom. The van der Waals surface area contributed by atoms with Gasteiger partial charge in [0, 0.05) is 18.8 Å². The van der Waals surface area contributed by atoms with E-state index in [9.17, 15) is 13.6 Å². The Balaban J connectivity index is 1.90. The molecule has 0 aliphatic carbocycles. The van der Waals surface area contributed by atoms with Crippen LogP contribution in [0.1, 0.15) is 19.8 Å². The second-order valence-corrected chi connectivity index (χ2v) is 5.76. The predicted molar refractivity (Wildman–Crippen MR) is 90.2 cm³/mol. The quantitative estimate of drug-likeness (QED) is 0.644. The van der Waals surface area contributed by atoms with Gasteiger partial charge in [-0.05, 0) is 56.2 Å². The van der Waals surface area contributed by atoms with E-state index in [2.05, 4.69) is 10.1 Å². The molecule has 1 heterocycles. The third kappa shape index (κ3) is 5.30. The van der Waals surface area contributed by atoms with E-state index < -0.39 is 6.61 Å². The zero-order chi connectivity index (χ0) is 17.5. The number of rotatable bonds is 5. The van der Waals surface area contributed by atoms with Crippen molar-refractivity contribution in [2.24, 2.45) is 5.92 Å². The van der Waals surface area contributed by atoms with Gasteiger partial charge < -0.3 is 19.7 Å². The fourth-order valence-electron chi connectivity index (χ4n) is 2.54. The first-order valence-corrected chi connectivity index (χ1v) is 8.18. The number of benzene rings is 1. The molecule has 1 aliphatic rings. The molecule has 1 aromatic carbocycles. The molecular formula is C16H20F2N2O3S. The minimum atomic E-state index is -2.85. The molecule has 24 heavy (non-hydrogen) atoms. The summed E-state index contributed by atoms with van der Waals surface area (Å²) in [5.74, 6) is -0.291. The van der Waals surface area contributed by atoms with E-state index in [-0.39, 0.29) is 17.6 Å². The van der Waals surface area contributed by atoms with E-state index in [4.69, 9.17) is 17.0 Å². The van der Waals surface area contributed by atoms with Crippen LogP contribution in [0.3, 0.4) is 0 Å². The number of carbonyl (C=O) groups is 1. The minimum Gasteiger partial charge on any atom is -0.466 e. The van der Waals surface area contributed by atoms with Crippen LogP contribution >= 0.6 is 12.2 Å². The van der Waals surface area contributed by atoms with Crippen molar-refractivity contribution in [3.05, 3.63) is 24.3 Å². The fraction of sp³-hybridized carbons (Fsp3) is 0.500. The average molecular weight is 358 g/mol. The van der Waals surface area contributed by atoms with Gasteiger partial charge in [-0.3, -0.25) is 4.79 Å². The summed E-state index contributed by atoms with van der Waals surface area (Å²) in [7, 11) is 0. The highest BCUT2D eigenvalue weighted by molar-refractivity contribution is 7.80. The number of nitrogens with zero attached hydrogens (tertiary/aromatic N) is 1. The van der Waals surface area contributed by atoms with Crippen LogP contribution in [0, 0.1) is 5.92 Å². The number of carbonyl (C=O) groups excluding carboxylic acids is 1. The topological polar surface area (TPSA) is 50.8 Å². The molecule has 0 unspecified atom stereocenters. The molecule has 0 radical (unpaired) electrons. The lowest BCUT2D eigenvalue weighted by Crippen LogP contribution is -2.44. The summed E-state index contributed by atoms with van der Waals surface area (Å²) < 4.78 is 33.6.